The SMILES string of the molecule is Clc1cc(Cl)c(NCCCC2CC2)nc1Cl. The highest BCUT2D eigenvalue weighted by Crippen LogP contribution is 2.33. The standard InChI is InChI=1S/C11H13Cl3N2/c12-8-6-9(13)11(16-10(8)14)15-5-1-2-7-3-4-7/h6-7H,1-5H2,(H,15,16). The monoisotopic (exact) mass is 278 g/mol. The van der Waals surface area contributed by atoms with E-state index < -0.39 is 0 Å². The van der Waals surface area contributed by atoms with Crippen LogP contribution in [0.4, 0.5) is 5.82 Å². The molecule has 1 heterocycles. The van der Waals surface area contributed by atoms with Crippen molar-refractivity contribution in [3.63, 3.8) is 0 Å². The Balaban J connectivity index is 1.85. The molecule has 2 nitrogen and oxygen atoms in total. The van der Waals surface area contributed by atoms with Crippen LogP contribution < -0.4 is 5.32 Å². The van der Waals surface area contributed by atoms with E-state index in [0.29, 0.717) is 15.9 Å². The third-order valence-electron chi connectivity index (χ3n) is 2.67. The first-order chi connectivity index (χ1) is 7.66. The molecule has 0 amide bonds. The van der Waals surface area contributed by atoms with E-state index in [-0.39, 0.29) is 5.15 Å². The number of nitrogens with one attached hydrogen (secondary N) is 1. The summed E-state index contributed by atoms with van der Waals surface area (Å²) in [6.07, 6.45) is 5.21. The number of hydrogen-bond donors (Lipinski definition) is 1. The van der Waals surface area contributed by atoms with Crippen LogP contribution in [0.3, 0.4) is 0 Å². The van der Waals surface area contributed by atoms with E-state index in [0.717, 1.165) is 18.9 Å². The van der Waals surface area contributed by atoms with Crippen molar-refractivity contribution in [1.82, 2.24) is 4.98 Å². The van der Waals surface area contributed by atoms with Gasteiger partial charge in [-0.1, -0.05) is 47.6 Å². The van der Waals surface area contributed by atoms with Crippen molar-refractivity contribution in [1.29, 1.82) is 0 Å². The molecule has 0 radical (unpaired) electrons. The van der Waals surface area contributed by atoms with Gasteiger partial charge in [0.15, 0.2) is 0 Å². The van der Waals surface area contributed by atoms with Crippen molar-refractivity contribution in [2.75, 3.05) is 11.9 Å². The van der Waals surface area contributed by atoms with E-state index in [2.05, 4.69) is 10.3 Å². The van der Waals surface area contributed by atoms with E-state index in [9.17, 15) is 0 Å². The predicted molar refractivity (Wildman–Crippen MR) is 69.7 cm³/mol. The molecule has 16 heavy (non-hydrogen) atoms. The molecule has 0 saturated heterocycles. The lowest BCUT2D eigenvalue weighted by molar-refractivity contribution is 0.686. The van der Waals surface area contributed by atoms with Crippen LogP contribution in [0.15, 0.2) is 6.07 Å². The van der Waals surface area contributed by atoms with Gasteiger partial charge in [-0.2, -0.15) is 0 Å². The molecule has 1 aromatic heterocycles. The van der Waals surface area contributed by atoms with Gasteiger partial charge in [-0.25, -0.2) is 4.98 Å². The summed E-state index contributed by atoms with van der Waals surface area (Å²) in [5, 5.41) is 4.36. The van der Waals surface area contributed by atoms with Gasteiger partial charge in [-0.3, -0.25) is 0 Å². The van der Waals surface area contributed by atoms with Crippen molar-refractivity contribution < 1.29 is 0 Å². The highest BCUT2D eigenvalue weighted by molar-refractivity contribution is 6.42. The molecule has 1 aromatic rings. The molecule has 1 aliphatic carbocycles. The largest absolute Gasteiger partial charge is 0.369 e. The minimum atomic E-state index is 0.288. The average Bonchev–Trinajstić information content (AvgIpc) is 3.04. The smallest absolute Gasteiger partial charge is 0.150 e. The Morgan fingerprint density at radius 1 is 1.25 bits per heavy atom. The van der Waals surface area contributed by atoms with Crippen molar-refractivity contribution in [2.45, 2.75) is 25.7 Å². The van der Waals surface area contributed by atoms with Crippen molar-refractivity contribution in [2.24, 2.45) is 5.92 Å². The summed E-state index contributed by atoms with van der Waals surface area (Å²) in [6, 6.07) is 1.61. The Bertz CT molecular complexity index is 378. The van der Waals surface area contributed by atoms with Gasteiger partial charge in [-0.05, 0) is 24.8 Å². The zero-order valence-electron chi connectivity index (χ0n) is 8.77. The molecule has 5 heteroatoms. The minimum Gasteiger partial charge on any atom is -0.369 e. The highest BCUT2D eigenvalue weighted by Gasteiger charge is 2.20. The molecule has 0 spiro atoms. The van der Waals surface area contributed by atoms with Gasteiger partial charge in [-0.15, -0.1) is 0 Å². The second kappa shape index (κ2) is 5.44. The fourth-order valence-electron chi connectivity index (χ4n) is 1.57. The number of nitrogens with zero attached hydrogens (tertiary/aromatic N) is 1. The molecule has 1 fully saturated rings. The maximum Gasteiger partial charge on any atom is 0.150 e. The van der Waals surface area contributed by atoms with Gasteiger partial charge in [0.25, 0.3) is 0 Å². The highest BCUT2D eigenvalue weighted by atomic mass is 35.5. The van der Waals surface area contributed by atoms with E-state index in [1.807, 2.05) is 0 Å². The van der Waals surface area contributed by atoms with Crippen LogP contribution in [-0.2, 0) is 0 Å². The summed E-state index contributed by atoms with van der Waals surface area (Å²) < 4.78 is 0. The predicted octanol–water partition coefficient (Wildman–Crippen LogP) is 4.64. The summed E-state index contributed by atoms with van der Waals surface area (Å²) in [5.41, 5.74) is 0. The van der Waals surface area contributed by atoms with Gasteiger partial charge in [0, 0.05) is 6.54 Å². The lowest BCUT2D eigenvalue weighted by Gasteiger charge is -2.08. The number of pyridine rings is 1. The lowest BCUT2D eigenvalue weighted by atomic mass is 10.2. The molecule has 2 rings (SSSR count). The van der Waals surface area contributed by atoms with E-state index in [4.69, 9.17) is 34.8 Å². The average molecular weight is 280 g/mol. The number of hydrogen-bond acceptors (Lipinski definition) is 2. The molecular weight excluding hydrogens is 266 g/mol. The van der Waals surface area contributed by atoms with Crippen LogP contribution in [0, 0.1) is 5.92 Å². The number of halogens is 3. The second-order valence-corrected chi connectivity index (χ2v) is 5.28. The minimum absolute atomic E-state index is 0.288. The zero-order chi connectivity index (χ0) is 11.5. The van der Waals surface area contributed by atoms with Crippen molar-refractivity contribution in [3.05, 3.63) is 21.3 Å². The molecule has 0 aromatic carbocycles. The summed E-state index contributed by atoms with van der Waals surface area (Å²) in [5.74, 6) is 1.57. The van der Waals surface area contributed by atoms with Crippen LogP contribution in [0.1, 0.15) is 25.7 Å². The molecule has 0 unspecified atom stereocenters. The van der Waals surface area contributed by atoms with Gasteiger partial charge in [0.2, 0.25) is 0 Å². The summed E-state index contributed by atoms with van der Waals surface area (Å²) in [7, 11) is 0. The normalized spacial score (nSPS) is 15.2. The number of rotatable bonds is 5. The Hall–Kier alpha value is -0.180. The number of aromatic nitrogens is 1. The molecule has 0 aliphatic heterocycles. The summed E-state index contributed by atoms with van der Waals surface area (Å²) in [4.78, 5) is 4.09. The quantitative estimate of drug-likeness (QED) is 0.627. The topological polar surface area (TPSA) is 24.9 Å². The van der Waals surface area contributed by atoms with Gasteiger partial charge < -0.3 is 5.32 Å². The van der Waals surface area contributed by atoms with E-state index >= 15 is 0 Å². The molecule has 1 saturated carbocycles. The molecule has 0 bridgehead atoms. The Labute approximate surface area is 110 Å². The third-order valence-corrected chi connectivity index (χ3v) is 3.63. The summed E-state index contributed by atoms with van der Waals surface area (Å²) >= 11 is 17.6. The first-order valence-electron chi connectivity index (χ1n) is 5.42. The number of anilines is 1. The molecule has 0 atom stereocenters. The van der Waals surface area contributed by atoms with Gasteiger partial charge >= 0.3 is 0 Å². The van der Waals surface area contributed by atoms with Crippen LogP contribution in [-0.4, -0.2) is 11.5 Å². The third kappa shape index (κ3) is 3.41. The molecule has 1 N–H and O–H groups in total. The first kappa shape index (κ1) is 12.3. The lowest BCUT2D eigenvalue weighted by Crippen LogP contribution is -2.04. The first-order valence-corrected chi connectivity index (χ1v) is 6.55. The van der Waals surface area contributed by atoms with Crippen molar-refractivity contribution in [3.8, 4) is 0 Å². The van der Waals surface area contributed by atoms with Crippen LogP contribution in [0.5, 0.6) is 0 Å². The van der Waals surface area contributed by atoms with Crippen LogP contribution >= 0.6 is 34.8 Å². The van der Waals surface area contributed by atoms with Gasteiger partial charge in [0.1, 0.15) is 11.0 Å². The fraction of sp³-hybridized carbons (Fsp3) is 0.545. The summed E-state index contributed by atoms with van der Waals surface area (Å²) in [6.45, 7) is 0.876. The van der Waals surface area contributed by atoms with E-state index in [1.54, 1.807) is 6.07 Å². The molecule has 1 aliphatic rings. The van der Waals surface area contributed by atoms with E-state index in [1.165, 1.54) is 19.3 Å². The van der Waals surface area contributed by atoms with Crippen LogP contribution in [0.25, 0.3) is 0 Å². The Morgan fingerprint density at radius 3 is 2.69 bits per heavy atom. The Kier molecular flexibility index (Phi) is 4.17. The Morgan fingerprint density at radius 2 is 2.00 bits per heavy atom. The maximum atomic E-state index is 5.99. The maximum absolute atomic E-state index is 5.99. The van der Waals surface area contributed by atoms with Gasteiger partial charge in [0.05, 0.1) is 10.0 Å². The fourth-order valence-corrected chi connectivity index (χ4v) is 2.14. The zero-order valence-corrected chi connectivity index (χ0v) is 11.0. The second-order valence-electron chi connectivity index (χ2n) is 4.10. The molecular formula is C11H13Cl3N2. The van der Waals surface area contributed by atoms with Crippen molar-refractivity contribution >= 4 is 40.6 Å². The molecule has 88 valence electrons. The van der Waals surface area contributed by atoms with Crippen LogP contribution in [0.2, 0.25) is 15.2 Å².